The van der Waals surface area contributed by atoms with Crippen molar-refractivity contribution in [3.8, 4) is 0 Å². The molecule has 126 valence electrons. The van der Waals surface area contributed by atoms with Crippen LogP contribution in [0, 0.1) is 11.3 Å². The van der Waals surface area contributed by atoms with Gasteiger partial charge in [-0.25, -0.2) is 0 Å². The Morgan fingerprint density at radius 2 is 1.64 bits per heavy atom. The van der Waals surface area contributed by atoms with Crippen LogP contribution in [-0.2, 0) is 11.8 Å². The first-order valence-electron chi connectivity index (χ1n) is 9.66. The molecule has 0 N–H and O–H groups in total. The van der Waals surface area contributed by atoms with Crippen LogP contribution in [0.4, 0.5) is 0 Å². The lowest BCUT2D eigenvalue weighted by Gasteiger charge is -2.53. The first kappa shape index (κ1) is 19.3. The minimum atomic E-state index is 0.504. The van der Waals surface area contributed by atoms with Gasteiger partial charge in [0.1, 0.15) is 0 Å². The first-order valence-corrected chi connectivity index (χ1v) is 9.66. The van der Waals surface area contributed by atoms with E-state index < -0.39 is 0 Å². The van der Waals surface area contributed by atoms with E-state index in [9.17, 15) is 0 Å². The van der Waals surface area contributed by atoms with Gasteiger partial charge in [0.15, 0.2) is 0 Å². The molecule has 0 aromatic heterocycles. The molecule has 1 aromatic carbocycles. The van der Waals surface area contributed by atoms with Crippen molar-refractivity contribution in [3.05, 3.63) is 35.4 Å². The summed E-state index contributed by atoms with van der Waals surface area (Å²) < 4.78 is 0. The Morgan fingerprint density at radius 1 is 1.00 bits per heavy atom. The fourth-order valence-corrected chi connectivity index (χ4v) is 4.67. The monoisotopic (exact) mass is 302 g/mol. The van der Waals surface area contributed by atoms with Crippen LogP contribution >= 0.6 is 0 Å². The molecule has 0 radical (unpaired) electrons. The van der Waals surface area contributed by atoms with Gasteiger partial charge in [0.25, 0.3) is 0 Å². The van der Waals surface area contributed by atoms with E-state index in [1.807, 2.05) is 27.7 Å². The summed E-state index contributed by atoms with van der Waals surface area (Å²) in [4.78, 5) is 0. The molecule has 1 saturated carbocycles. The molecule has 0 heteroatoms. The third-order valence-corrected chi connectivity index (χ3v) is 5.78. The zero-order chi connectivity index (χ0) is 16.8. The molecule has 0 amide bonds. The van der Waals surface area contributed by atoms with Crippen molar-refractivity contribution in [2.24, 2.45) is 11.3 Å². The van der Waals surface area contributed by atoms with Crippen LogP contribution in [0.3, 0.4) is 0 Å². The van der Waals surface area contributed by atoms with Crippen LogP contribution in [0.5, 0.6) is 0 Å². The lowest BCUT2D eigenvalue weighted by Crippen LogP contribution is -2.45. The predicted molar refractivity (Wildman–Crippen MR) is 101 cm³/mol. The smallest absolute Gasteiger partial charge is 0.00181 e. The van der Waals surface area contributed by atoms with Gasteiger partial charge in [0, 0.05) is 0 Å². The van der Waals surface area contributed by atoms with E-state index in [1.165, 1.54) is 38.5 Å². The number of hydrogen-bond donors (Lipinski definition) is 0. The molecular weight excluding hydrogens is 264 g/mol. The van der Waals surface area contributed by atoms with Gasteiger partial charge < -0.3 is 0 Å². The predicted octanol–water partition coefficient (Wildman–Crippen LogP) is 7.16. The maximum absolute atomic E-state index is 2.47. The van der Waals surface area contributed by atoms with Crippen molar-refractivity contribution in [1.82, 2.24) is 0 Å². The minimum absolute atomic E-state index is 0.504. The maximum atomic E-state index is 2.47. The summed E-state index contributed by atoms with van der Waals surface area (Å²) in [5.74, 6) is 0.918. The van der Waals surface area contributed by atoms with E-state index in [1.54, 1.807) is 11.1 Å². The van der Waals surface area contributed by atoms with E-state index in [0.717, 1.165) is 5.92 Å². The van der Waals surface area contributed by atoms with Gasteiger partial charge in [0.2, 0.25) is 0 Å². The normalized spacial score (nSPS) is 28.0. The van der Waals surface area contributed by atoms with Gasteiger partial charge >= 0.3 is 0 Å². The fourth-order valence-electron chi connectivity index (χ4n) is 4.67. The summed E-state index contributed by atoms with van der Waals surface area (Å²) in [6, 6.07) is 9.25. The highest BCUT2D eigenvalue weighted by Gasteiger charge is 2.47. The van der Waals surface area contributed by atoms with Gasteiger partial charge in [0.05, 0.1) is 0 Å². The molecule has 1 aromatic rings. The van der Waals surface area contributed by atoms with E-state index >= 15 is 0 Å². The Labute approximate surface area is 139 Å². The van der Waals surface area contributed by atoms with Crippen molar-refractivity contribution in [2.75, 3.05) is 0 Å². The summed E-state index contributed by atoms with van der Waals surface area (Å²) in [6.07, 6.45) is 8.26. The summed E-state index contributed by atoms with van der Waals surface area (Å²) in [6.45, 7) is 15.3. The molecular formula is C22H38. The molecule has 0 saturated heterocycles. The van der Waals surface area contributed by atoms with E-state index in [2.05, 4.69) is 45.0 Å². The highest BCUT2D eigenvalue weighted by atomic mass is 14.5. The van der Waals surface area contributed by atoms with Crippen molar-refractivity contribution in [3.63, 3.8) is 0 Å². The highest BCUT2D eigenvalue weighted by Crippen LogP contribution is 2.56. The Bertz CT molecular complexity index is 443. The van der Waals surface area contributed by atoms with Crippen molar-refractivity contribution in [2.45, 2.75) is 92.4 Å². The second kappa shape index (κ2) is 8.18. The second-order valence-electron chi connectivity index (χ2n) is 7.27. The lowest BCUT2D eigenvalue weighted by atomic mass is 9.52. The third-order valence-electron chi connectivity index (χ3n) is 5.78. The van der Waals surface area contributed by atoms with Gasteiger partial charge in [-0.05, 0) is 66.4 Å². The second-order valence-corrected chi connectivity index (χ2v) is 7.27. The quantitative estimate of drug-likeness (QED) is 0.516. The Balaban J connectivity index is 0.000000561. The van der Waals surface area contributed by atoms with E-state index in [4.69, 9.17) is 0 Å². The van der Waals surface area contributed by atoms with Gasteiger partial charge in [-0.2, -0.15) is 0 Å². The van der Waals surface area contributed by atoms with Crippen LogP contribution in [0.2, 0.25) is 0 Å². The lowest BCUT2D eigenvalue weighted by molar-refractivity contribution is 0.0688. The minimum Gasteiger partial charge on any atom is -0.0683 e. The van der Waals surface area contributed by atoms with Gasteiger partial charge in [-0.15, -0.1) is 0 Å². The summed E-state index contributed by atoms with van der Waals surface area (Å²) >= 11 is 0. The Kier molecular flexibility index (Phi) is 7.16. The third kappa shape index (κ3) is 3.58. The number of rotatable bonds is 1. The van der Waals surface area contributed by atoms with E-state index in [0.29, 0.717) is 10.8 Å². The zero-order valence-electron chi connectivity index (χ0n) is 16.1. The molecule has 0 heterocycles. The Morgan fingerprint density at radius 3 is 2.27 bits per heavy atom. The summed E-state index contributed by atoms with van der Waals surface area (Å²) in [7, 11) is 0. The standard InChI is InChI=1S/C18H26.2C2H6/c1-4-18-12-11-17(2,3)13-15(18)10-9-14-7-5-6-8-16(14)18;2*1-2/h5-8,15H,4,9-13H2,1-3H3;2*1-2H3. The van der Waals surface area contributed by atoms with E-state index in [-0.39, 0.29) is 0 Å². The molecule has 2 aliphatic carbocycles. The Hall–Kier alpha value is -0.780. The molecule has 2 aliphatic rings. The molecule has 3 rings (SSSR count). The molecule has 2 atom stereocenters. The molecule has 0 bridgehead atoms. The zero-order valence-corrected chi connectivity index (χ0v) is 16.1. The van der Waals surface area contributed by atoms with Crippen molar-refractivity contribution in [1.29, 1.82) is 0 Å². The number of fused-ring (bicyclic) bond motifs is 3. The van der Waals surface area contributed by atoms with Crippen LogP contribution in [0.25, 0.3) is 0 Å². The van der Waals surface area contributed by atoms with Crippen LogP contribution in [0.15, 0.2) is 24.3 Å². The van der Waals surface area contributed by atoms with Gasteiger partial charge in [-0.1, -0.05) is 72.7 Å². The van der Waals surface area contributed by atoms with Crippen LogP contribution in [0.1, 0.15) is 91.7 Å². The SMILES string of the molecule is CC.CC.CCC12CCC(C)(C)CC1CCc1ccccc12. The first-order chi connectivity index (χ1) is 10.6. The molecule has 1 fully saturated rings. The highest BCUT2D eigenvalue weighted by molar-refractivity contribution is 5.38. The van der Waals surface area contributed by atoms with Crippen molar-refractivity contribution >= 4 is 0 Å². The molecule has 0 aliphatic heterocycles. The summed E-state index contributed by atoms with van der Waals surface area (Å²) in [5.41, 5.74) is 4.40. The largest absolute Gasteiger partial charge is 0.0683 e. The van der Waals surface area contributed by atoms with Gasteiger partial charge in [-0.3, -0.25) is 0 Å². The van der Waals surface area contributed by atoms with Crippen molar-refractivity contribution < 1.29 is 0 Å². The maximum Gasteiger partial charge on any atom is -0.00181 e. The number of aryl methyl sites for hydroxylation is 1. The average molecular weight is 303 g/mol. The van der Waals surface area contributed by atoms with Crippen LogP contribution < -0.4 is 0 Å². The molecule has 0 spiro atoms. The fraction of sp³-hybridized carbons (Fsp3) is 0.727. The summed E-state index contributed by atoms with van der Waals surface area (Å²) in [5, 5.41) is 0. The molecule has 0 nitrogen and oxygen atoms in total. The number of benzene rings is 1. The number of hydrogen-bond acceptors (Lipinski definition) is 0. The average Bonchev–Trinajstić information content (AvgIpc) is 2.57. The van der Waals surface area contributed by atoms with Crippen LogP contribution in [-0.4, -0.2) is 0 Å². The topological polar surface area (TPSA) is 0 Å². The molecule has 22 heavy (non-hydrogen) atoms. The molecule has 2 unspecified atom stereocenters.